The van der Waals surface area contributed by atoms with E-state index in [4.69, 9.17) is 0 Å². The van der Waals surface area contributed by atoms with Crippen LogP contribution in [-0.2, 0) is 0 Å². The van der Waals surface area contributed by atoms with E-state index in [0.717, 1.165) is 12.1 Å². The molecule has 0 N–H and O–H groups in total. The number of ether oxygens (including phenoxy) is 1. The van der Waals surface area contributed by atoms with E-state index in [0.29, 0.717) is 0 Å². The minimum Gasteiger partial charge on any atom is -0.492 e. The van der Waals surface area contributed by atoms with E-state index in [2.05, 4.69) is 4.74 Å². The summed E-state index contributed by atoms with van der Waals surface area (Å²) in [6, 6.07) is 2.12. The molecule has 13 heavy (non-hydrogen) atoms. The molecule has 0 bridgehead atoms. The average Bonchev–Trinajstić information content (AvgIpc) is 2.04. The minimum atomic E-state index is -0.600. The van der Waals surface area contributed by atoms with Crippen LogP contribution in [-0.4, -0.2) is 12.0 Å². The van der Waals surface area contributed by atoms with Crippen LogP contribution in [0.1, 0.15) is 0 Å². The third-order valence-electron chi connectivity index (χ3n) is 1.43. The van der Waals surface area contributed by atoms with Gasteiger partial charge in [0.15, 0.2) is 11.6 Å². The number of hydrogen-bond acceptors (Lipinski definition) is 3. The van der Waals surface area contributed by atoms with Crippen LogP contribution in [0.4, 0.5) is 10.1 Å². The van der Waals surface area contributed by atoms with Crippen molar-refractivity contribution in [2.24, 2.45) is 0 Å². The van der Waals surface area contributed by atoms with Crippen LogP contribution in [0.5, 0.6) is 5.75 Å². The first-order valence-electron chi connectivity index (χ1n) is 3.24. The summed E-state index contributed by atoms with van der Waals surface area (Å²) < 4.78 is 17.8. The SMILES string of the molecule is COc1c(F)ccc([N+](=O)[O-])c1I. The smallest absolute Gasteiger partial charge is 0.286 e. The van der Waals surface area contributed by atoms with Gasteiger partial charge in [-0.2, -0.15) is 0 Å². The van der Waals surface area contributed by atoms with E-state index >= 15 is 0 Å². The lowest BCUT2D eigenvalue weighted by Crippen LogP contribution is -1.97. The summed E-state index contributed by atoms with van der Waals surface area (Å²) in [5, 5.41) is 10.4. The van der Waals surface area contributed by atoms with E-state index in [9.17, 15) is 14.5 Å². The zero-order chi connectivity index (χ0) is 10.0. The molecule has 1 rings (SSSR count). The zero-order valence-electron chi connectivity index (χ0n) is 6.58. The van der Waals surface area contributed by atoms with Crippen molar-refractivity contribution in [1.82, 2.24) is 0 Å². The summed E-state index contributed by atoms with van der Waals surface area (Å²) in [6.45, 7) is 0. The highest BCUT2D eigenvalue weighted by Gasteiger charge is 2.19. The van der Waals surface area contributed by atoms with Crippen LogP contribution in [0.15, 0.2) is 12.1 Å². The Morgan fingerprint density at radius 2 is 2.23 bits per heavy atom. The van der Waals surface area contributed by atoms with Gasteiger partial charge in [-0.25, -0.2) is 4.39 Å². The van der Waals surface area contributed by atoms with Crippen LogP contribution < -0.4 is 4.74 Å². The van der Waals surface area contributed by atoms with Crippen LogP contribution >= 0.6 is 22.6 Å². The normalized spacial score (nSPS) is 9.77. The monoisotopic (exact) mass is 297 g/mol. The molecule has 0 heterocycles. The predicted octanol–water partition coefficient (Wildman–Crippen LogP) is 2.35. The number of benzene rings is 1. The number of nitrogens with zero attached hydrogens (tertiary/aromatic N) is 1. The Bertz CT molecular complexity index is 356. The molecule has 0 radical (unpaired) electrons. The Morgan fingerprint density at radius 1 is 1.62 bits per heavy atom. The largest absolute Gasteiger partial charge is 0.492 e. The van der Waals surface area contributed by atoms with Crippen molar-refractivity contribution in [3.05, 3.63) is 31.6 Å². The highest BCUT2D eigenvalue weighted by Crippen LogP contribution is 2.31. The summed E-state index contributed by atoms with van der Waals surface area (Å²) in [4.78, 5) is 9.84. The third kappa shape index (κ3) is 1.87. The fourth-order valence-corrected chi connectivity index (χ4v) is 1.70. The molecule has 0 saturated carbocycles. The summed E-state index contributed by atoms with van der Waals surface area (Å²) in [5.41, 5.74) is -0.154. The quantitative estimate of drug-likeness (QED) is 0.478. The Labute approximate surface area is 87.0 Å². The summed E-state index contributed by atoms with van der Waals surface area (Å²) in [5.74, 6) is -0.688. The molecule has 1 aromatic carbocycles. The van der Waals surface area contributed by atoms with Crippen molar-refractivity contribution in [2.45, 2.75) is 0 Å². The number of methoxy groups -OCH3 is 1. The lowest BCUT2D eigenvalue weighted by molar-refractivity contribution is -0.385. The lowest BCUT2D eigenvalue weighted by atomic mass is 10.3. The van der Waals surface area contributed by atoms with Crippen LogP contribution in [0.2, 0.25) is 0 Å². The van der Waals surface area contributed by atoms with Gasteiger partial charge in [0.05, 0.1) is 12.0 Å². The van der Waals surface area contributed by atoms with E-state index in [1.165, 1.54) is 7.11 Å². The van der Waals surface area contributed by atoms with Crippen molar-refractivity contribution in [1.29, 1.82) is 0 Å². The molecule has 4 nitrogen and oxygen atoms in total. The van der Waals surface area contributed by atoms with Gasteiger partial charge < -0.3 is 4.74 Å². The Balaban J connectivity index is 3.35. The van der Waals surface area contributed by atoms with Gasteiger partial charge in [0.1, 0.15) is 3.57 Å². The Morgan fingerprint density at radius 3 is 2.69 bits per heavy atom. The summed E-state index contributed by atoms with van der Waals surface area (Å²) >= 11 is 1.68. The molecular formula is C7H5FINO3. The van der Waals surface area contributed by atoms with Crippen molar-refractivity contribution < 1.29 is 14.1 Å². The maximum absolute atomic E-state index is 12.9. The first kappa shape index (κ1) is 10.2. The molecule has 0 atom stereocenters. The van der Waals surface area contributed by atoms with Crippen LogP contribution in [0, 0.1) is 19.5 Å². The molecule has 1 aromatic rings. The Kier molecular flexibility index (Phi) is 3.02. The van der Waals surface area contributed by atoms with Gasteiger partial charge >= 0.3 is 0 Å². The minimum absolute atomic E-state index is 0.0881. The van der Waals surface area contributed by atoms with Gasteiger partial charge in [-0.3, -0.25) is 10.1 Å². The van der Waals surface area contributed by atoms with E-state index in [1.54, 1.807) is 22.6 Å². The van der Waals surface area contributed by atoms with Gasteiger partial charge in [0.2, 0.25) is 0 Å². The number of rotatable bonds is 2. The maximum Gasteiger partial charge on any atom is 0.286 e. The highest BCUT2D eigenvalue weighted by molar-refractivity contribution is 14.1. The molecule has 0 aliphatic rings. The number of hydrogen-bond donors (Lipinski definition) is 0. The number of nitro benzene ring substituents is 1. The molecule has 0 amide bonds. The maximum atomic E-state index is 12.9. The molecule has 0 saturated heterocycles. The molecule has 0 aliphatic carbocycles. The first-order chi connectivity index (χ1) is 6.07. The Hall–Kier alpha value is -0.920. The standard InChI is InChI=1S/C7H5FINO3/c1-13-7-4(8)2-3-5(6(7)9)10(11)12/h2-3H,1H3. The molecule has 0 spiro atoms. The molecule has 0 aromatic heterocycles. The second-order valence-electron chi connectivity index (χ2n) is 2.17. The van der Waals surface area contributed by atoms with Gasteiger partial charge in [0.25, 0.3) is 5.69 Å². The molecule has 70 valence electrons. The van der Waals surface area contributed by atoms with Crippen LogP contribution in [0.25, 0.3) is 0 Å². The number of nitro groups is 1. The molecule has 6 heteroatoms. The van der Waals surface area contributed by atoms with E-state index < -0.39 is 10.7 Å². The number of halogens is 2. The molecule has 0 unspecified atom stereocenters. The van der Waals surface area contributed by atoms with Gasteiger partial charge in [0, 0.05) is 6.07 Å². The van der Waals surface area contributed by atoms with E-state index in [1.807, 2.05) is 0 Å². The van der Waals surface area contributed by atoms with Crippen molar-refractivity contribution in [2.75, 3.05) is 7.11 Å². The van der Waals surface area contributed by atoms with E-state index in [-0.39, 0.29) is 15.0 Å². The fourth-order valence-electron chi connectivity index (χ4n) is 0.850. The zero-order valence-corrected chi connectivity index (χ0v) is 8.74. The van der Waals surface area contributed by atoms with Crippen LogP contribution in [0.3, 0.4) is 0 Å². The van der Waals surface area contributed by atoms with Crippen molar-refractivity contribution in [3.63, 3.8) is 0 Å². The van der Waals surface area contributed by atoms with Crippen molar-refractivity contribution >= 4 is 28.3 Å². The molecule has 0 fully saturated rings. The van der Waals surface area contributed by atoms with Gasteiger partial charge in [-0.1, -0.05) is 0 Å². The fraction of sp³-hybridized carbons (Fsp3) is 0.143. The summed E-state index contributed by atoms with van der Waals surface area (Å²) in [7, 11) is 1.27. The highest BCUT2D eigenvalue weighted by atomic mass is 127. The summed E-state index contributed by atoms with van der Waals surface area (Å²) in [6.07, 6.45) is 0. The molecule has 0 aliphatic heterocycles. The van der Waals surface area contributed by atoms with Gasteiger partial charge in [-0.05, 0) is 28.7 Å². The molecular weight excluding hydrogens is 292 g/mol. The van der Waals surface area contributed by atoms with Crippen molar-refractivity contribution in [3.8, 4) is 5.75 Å². The second-order valence-corrected chi connectivity index (χ2v) is 3.25. The first-order valence-corrected chi connectivity index (χ1v) is 4.32. The lowest BCUT2D eigenvalue weighted by Gasteiger charge is -2.03. The second kappa shape index (κ2) is 3.86. The topological polar surface area (TPSA) is 52.4 Å². The predicted molar refractivity (Wildman–Crippen MR) is 52.3 cm³/mol. The average molecular weight is 297 g/mol. The van der Waals surface area contributed by atoms with Gasteiger partial charge in [-0.15, -0.1) is 0 Å². The third-order valence-corrected chi connectivity index (χ3v) is 2.47.